The Bertz CT molecular complexity index is 1440. The van der Waals surface area contributed by atoms with Crippen LogP contribution in [-0.4, -0.2) is 56.1 Å². The largest absolute Gasteiger partial charge is 0.455 e. The molecule has 2 aromatic carbocycles. The van der Waals surface area contributed by atoms with Gasteiger partial charge in [0.2, 0.25) is 0 Å². The second-order valence-corrected chi connectivity index (χ2v) is 12.3. The minimum Gasteiger partial charge on any atom is -0.455 e. The number of thiazole rings is 1. The fourth-order valence-electron chi connectivity index (χ4n) is 4.31. The first-order valence-electron chi connectivity index (χ1n) is 12.9. The minimum atomic E-state index is -0.673. The molecule has 1 aliphatic rings. The van der Waals surface area contributed by atoms with Gasteiger partial charge in [0.1, 0.15) is 5.82 Å². The number of aromatic nitrogens is 4. The minimum absolute atomic E-state index is 0.0719. The average molecular weight is 597 g/mol. The number of esters is 1. The third-order valence-corrected chi connectivity index (χ3v) is 9.27. The number of imide groups is 1. The highest BCUT2D eigenvalue weighted by Gasteiger charge is 2.19. The maximum Gasteiger partial charge on any atom is 0.321 e. The van der Waals surface area contributed by atoms with E-state index >= 15 is 0 Å². The van der Waals surface area contributed by atoms with Gasteiger partial charge in [0.25, 0.3) is 5.91 Å². The summed E-state index contributed by atoms with van der Waals surface area (Å²) in [4.78, 5) is 41.2. The van der Waals surface area contributed by atoms with Gasteiger partial charge in [0.05, 0.1) is 21.7 Å². The molecule has 3 amide bonds. The van der Waals surface area contributed by atoms with Gasteiger partial charge < -0.3 is 10.1 Å². The highest BCUT2D eigenvalue weighted by Crippen LogP contribution is 2.32. The number of nitrogens with zero attached hydrogens (tertiary/aromatic N) is 4. The first-order chi connectivity index (χ1) is 19.5. The smallest absolute Gasteiger partial charge is 0.321 e. The van der Waals surface area contributed by atoms with Crippen molar-refractivity contribution in [1.29, 1.82) is 0 Å². The van der Waals surface area contributed by atoms with Gasteiger partial charge in [0.15, 0.2) is 16.1 Å². The molecule has 2 aromatic heterocycles. The number of nitrogens with one attached hydrogen (secondary N) is 2. The van der Waals surface area contributed by atoms with Gasteiger partial charge in [-0.05, 0) is 37.1 Å². The Balaban J connectivity index is 1.15. The summed E-state index contributed by atoms with van der Waals surface area (Å²) in [6.45, 7) is -0.535. The van der Waals surface area contributed by atoms with Crippen LogP contribution in [0.2, 0.25) is 0 Å². The van der Waals surface area contributed by atoms with E-state index in [0.29, 0.717) is 10.9 Å². The molecule has 4 aromatic rings. The molecule has 1 fully saturated rings. The van der Waals surface area contributed by atoms with Crippen LogP contribution < -0.4 is 10.6 Å². The van der Waals surface area contributed by atoms with Crippen LogP contribution >= 0.6 is 34.9 Å². The van der Waals surface area contributed by atoms with Crippen LogP contribution in [0, 0.1) is 0 Å². The van der Waals surface area contributed by atoms with Crippen LogP contribution in [-0.2, 0) is 20.1 Å². The third-order valence-electron chi connectivity index (χ3n) is 6.19. The van der Waals surface area contributed by atoms with Crippen molar-refractivity contribution in [2.24, 2.45) is 0 Å². The summed E-state index contributed by atoms with van der Waals surface area (Å²) in [5.41, 5.74) is 1.83. The number of urea groups is 1. The number of hydrogen-bond acceptors (Lipinski definition) is 10. The topological polar surface area (TPSA) is 128 Å². The molecule has 0 bridgehead atoms. The van der Waals surface area contributed by atoms with Crippen LogP contribution in [0.15, 0.2) is 64.1 Å². The van der Waals surface area contributed by atoms with E-state index < -0.39 is 24.5 Å². The lowest BCUT2D eigenvalue weighted by molar-refractivity contribution is -0.145. The molecule has 0 spiro atoms. The summed E-state index contributed by atoms with van der Waals surface area (Å²) < 4.78 is 9.05. The van der Waals surface area contributed by atoms with E-state index in [1.807, 2.05) is 59.2 Å². The molecular weight excluding hydrogens is 569 g/mol. The van der Waals surface area contributed by atoms with E-state index in [9.17, 15) is 14.4 Å². The van der Waals surface area contributed by atoms with Crippen molar-refractivity contribution in [3.63, 3.8) is 0 Å². The van der Waals surface area contributed by atoms with Crippen LogP contribution in [0.5, 0.6) is 0 Å². The highest BCUT2D eigenvalue weighted by molar-refractivity contribution is 8.00. The van der Waals surface area contributed by atoms with Crippen molar-refractivity contribution in [1.82, 2.24) is 30.4 Å². The number of amides is 3. The fraction of sp³-hybridized carbons (Fsp3) is 0.333. The lowest BCUT2D eigenvalue weighted by atomic mass is 9.96. The standard InChI is InChI=1S/C27H28N6O4S3/c34-23(30-25(36)28-18-9-3-1-4-10-18)15-37-24(35)17-38-26-32-31-22(33(26)19-11-5-2-6-12-19)16-39-27-29-20-13-7-8-14-21(20)40-27/h2,5-8,11-14,18H,1,3-4,9-10,15-17H2,(H2,28,30,34,36). The van der Waals surface area contributed by atoms with E-state index in [-0.39, 0.29) is 11.8 Å². The van der Waals surface area contributed by atoms with Crippen molar-refractivity contribution in [3.05, 3.63) is 60.4 Å². The quantitative estimate of drug-likeness (QED) is 0.193. The van der Waals surface area contributed by atoms with E-state index in [0.717, 1.165) is 51.8 Å². The Morgan fingerprint density at radius 1 is 0.975 bits per heavy atom. The Morgan fingerprint density at radius 2 is 1.75 bits per heavy atom. The Morgan fingerprint density at radius 3 is 2.55 bits per heavy atom. The molecule has 0 saturated heterocycles. The van der Waals surface area contributed by atoms with Gasteiger partial charge in [-0.25, -0.2) is 9.78 Å². The number of fused-ring (bicyclic) bond motifs is 1. The molecule has 5 rings (SSSR count). The molecule has 2 heterocycles. The van der Waals surface area contributed by atoms with Crippen LogP contribution in [0.3, 0.4) is 0 Å². The van der Waals surface area contributed by atoms with E-state index in [1.165, 1.54) is 18.2 Å². The van der Waals surface area contributed by atoms with Gasteiger partial charge in [-0.1, -0.05) is 73.1 Å². The molecule has 40 heavy (non-hydrogen) atoms. The van der Waals surface area contributed by atoms with Gasteiger partial charge in [0, 0.05) is 11.7 Å². The number of thioether (sulfide) groups is 2. The number of hydrogen-bond donors (Lipinski definition) is 2. The number of rotatable bonds is 10. The molecule has 0 unspecified atom stereocenters. The second kappa shape index (κ2) is 13.8. The summed E-state index contributed by atoms with van der Waals surface area (Å²) in [7, 11) is 0. The van der Waals surface area contributed by atoms with E-state index in [1.54, 1.807) is 23.1 Å². The second-order valence-electron chi connectivity index (χ2n) is 9.11. The zero-order valence-corrected chi connectivity index (χ0v) is 24.0. The van der Waals surface area contributed by atoms with Gasteiger partial charge in [-0.3, -0.25) is 19.5 Å². The number of benzene rings is 2. The highest BCUT2D eigenvalue weighted by atomic mass is 32.2. The fourth-order valence-corrected chi connectivity index (χ4v) is 7.05. The molecule has 1 saturated carbocycles. The molecule has 1 aliphatic carbocycles. The normalized spacial score (nSPS) is 13.7. The third kappa shape index (κ3) is 7.61. The lowest BCUT2D eigenvalue weighted by Gasteiger charge is -2.22. The zero-order chi connectivity index (χ0) is 27.7. The van der Waals surface area contributed by atoms with Gasteiger partial charge in [-0.15, -0.1) is 21.5 Å². The molecule has 2 N–H and O–H groups in total. The van der Waals surface area contributed by atoms with Crippen LogP contribution in [0.1, 0.15) is 37.9 Å². The van der Waals surface area contributed by atoms with Crippen molar-refractivity contribution in [2.45, 2.75) is 53.4 Å². The maximum atomic E-state index is 12.4. The van der Waals surface area contributed by atoms with E-state index in [4.69, 9.17) is 4.74 Å². The average Bonchev–Trinajstić information content (AvgIpc) is 3.58. The molecule has 10 nitrogen and oxygen atoms in total. The van der Waals surface area contributed by atoms with Crippen molar-refractivity contribution >= 4 is 63.0 Å². The molecule has 208 valence electrons. The van der Waals surface area contributed by atoms with Crippen LogP contribution in [0.25, 0.3) is 15.9 Å². The van der Waals surface area contributed by atoms with Crippen LogP contribution in [0.4, 0.5) is 4.79 Å². The predicted octanol–water partition coefficient (Wildman–Crippen LogP) is 4.96. The molecule has 0 radical (unpaired) electrons. The monoisotopic (exact) mass is 596 g/mol. The summed E-state index contributed by atoms with van der Waals surface area (Å²) in [6, 6.07) is 17.2. The molecule has 13 heteroatoms. The number of para-hydroxylation sites is 2. The first-order valence-corrected chi connectivity index (χ1v) is 15.7. The zero-order valence-electron chi connectivity index (χ0n) is 21.6. The van der Waals surface area contributed by atoms with Crippen molar-refractivity contribution < 1.29 is 19.1 Å². The van der Waals surface area contributed by atoms with Crippen molar-refractivity contribution in [2.75, 3.05) is 12.4 Å². The van der Waals surface area contributed by atoms with E-state index in [2.05, 4.69) is 25.8 Å². The number of ether oxygens (including phenoxy) is 1. The van der Waals surface area contributed by atoms with Crippen molar-refractivity contribution in [3.8, 4) is 5.69 Å². The molecular formula is C27H28N6O4S3. The Hall–Kier alpha value is -3.42. The van der Waals surface area contributed by atoms with Gasteiger partial charge >= 0.3 is 12.0 Å². The SMILES string of the molecule is O=C(COC(=O)CSc1nnc(CSc2nc3ccccc3s2)n1-c1ccccc1)NC(=O)NC1CCCCC1. The number of carbonyl (C=O) groups excluding carboxylic acids is 3. The maximum absolute atomic E-state index is 12.4. The molecule has 0 atom stereocenters. The summed E-state index contributed by atoms with van der Waals surface area (Å²) >= 11 is 4.37. The summed E-state index contributed by atoms with van der Waals surface area (Å²) in [5, 5.41) is 14.2. The number of carbonyl (C=O) groups is 3. The van der Waals surface area contributed by atoms with Gasteiger partial charge in [-0.2, -0.15) is 0 Å². The summed E-state index contributed by atoms with van der Waals surface area (Å²) in [5.74, 6) is -0.0864. The summed E-state index contributed by atoms with van der Waals surface area (Å²) in [6.07, 6.45) is 5.11. The first kappa shape index (κ1) is 28.1. The molecule has 0 aliphatic heterocycles. The Labute approximate surface area is 243 Å². The predicted molar refractivity (Wildman–Crippen MR) is 156 cm³/mol. The Kier molecular flexibility index (Phi) is 9.68. The lowest BCUT2D eigenvalue weighted by Crippen LogP contribution is -2.46.